The van der Waals surface area contributed by atoms with Crippen LogP contribution in [0.5, 0.6) is 0 Å². The summed E-state index contributed by atoms with van der Waals surface area (Å²) in [5.74, 6) is -0.268. The fraction of sp³-hybridized carbons (Fsp3) is 0.600. The number of carbonyl (C=O) groups excluding carboxylic acids is 1. The van der Waals surface area contributed by atoms with Crippen LogP contribution in [0.4, 0.5) is 0 Å². The van der Waals surface area contributed by atoms with Gasteiger partial charge in [0.05, 0.1) is 18.9 Å². The number of hydrogen-bond acceptors (Lipinski definition) is 4. The van der Waals surface area contributed by atoms with Crippen LogP contribution in [-0.2, 0) is 11.8 Å². The van der Waals surface area contributed by atoms with Crippen LogP contribution in [0.3, 0.4) is 0 Å². The Kier molecular flexibility index (Phi) is 2.82. The van der Waals surface area contributed by atoms with Gasteiger partial charge in [-0.3, -0.25) is 4.79 Å². The third-order valence-corrected chi connectivity index (χ3v) is 2.77. The van der Waals surface area contributed by atoms with E-state index in [2.05, 4.69) is 0 Å². The Hall–Kier alpha value is -1.56. The van der Waals surface area contributed by atoms with Gasteiger partial charge >= 0.3 is 5.63 Å². The smallest absolute Gasteiger partial charge is 0.370 e. The number of rotatable bonds is 1. The van der Waals surface area contributed by atoms with Gasteiger partial charge < -0.3 is 14.2 Å². The minimum atomic E-state index is -0.573. The number of carbonyl (C=O) groups is 1. The molecule has 0 aromatic carbocycles. The van der Waals surface area contributed by atoms with E-state index in [0.29, 0.717) is 32.0 Å². The zero-order valence-electron chi connectivity index (χ0n) is 9.36. The lowest BCUT2D eigenvalue weighted by atomic mass is 10.2. The quantitative estimate of drug-likeness (QED) is 0.663. The second-order valence-corrected chi connectivity index (χ2v) is 3.74. The number of amides is 1. The first-order valence-corrected chi connectivity index (χ1v) is 5.15. The fourth-order valence-electron chi connectivity index (χ4n) is 1.71. The third kappa shape index (κ3) is 1.76. The van der Waals surface area contributed by atoms with E-state index < -0.39 is 5.63 Å². The molecule has 0 N–H and O–H groups in total. The zero-order chi connectivity index (χ0) is 11.7. The summed E-state index contributed by atoms with van der Waals surface area (Å²) >= 11 is 0. The lowest BCUT2D eigenvalue weighted by molar-refractivity contribution is 0.0301. The molecule has 2 heterocycles. The zero-order valence-corrected chi connectivity index (χ0v) is 9.36. The van der Waals surface area contributed by atoms with Crippen molar-refractivity contribution in [2.45, 2.75) is 6.92 Å². The van der Waals surface area contributed by atoms with Crippen molar-refractivity contribution in [3.63, 3.8) is 0 Å². The molecule has 0 aliphatic carbocycles. The van der Waals surface area contributed by atoms with Crippen molar-refractivity contribution in [1.29, 1.82) is 0 Å². The van der Waals surface area contributed by atoms with Gasteiger partial charge in [-0.1, -0.05) is 0 Å². The van der Waals surface area contributed by atoms with Gasteiger partial charge in [-0.25, -0.2) is 9.53 Å². The van der Waals surface area contributed by atoms with Gasteiger partial charge in [0.15, 0.2) is 0 Å². The molecule has 16 heavy (non-hydrogen) atoms. The van der Waals surface area contributed by atoms with Crippen molar-refractivity contribution >= 4 is 5.91 Å². The number of ether oxygens (including phenoxy) is 1. The molecule has 0 unspecified atom stereocenters. The van der Waals surface area contributed by atoms with E-state index in [1.165, 1.54) is 4.74 Å². The Balaban J connectivity index is 2.29. The molecule has 6 heteroatoms. The van der Waals surface area contributed by atoms with Gasteiger partial charge in [0, 0.05) is 20.1 Å². The van der Waals surface area contributed by atoms with Crippen molar-refractivity contribution in [3.8, 4) is 0 Å². The lowest BCUT2D eigenvalue weighted by Crippen LogP contribution is -2.42. The molecule has 1 fully saturated rings. The van der Waals surface area contributed by atoms with Crippen LogP contribution in [0.15, 0.2) is 9.32 Å². The largest absolute Gasteiger partial charge is 0.378 e. The summed E-state index contributed by atoms with van der Waals surface area (Å²) in [6, 6.07) is 0. The minimum absolute atomic E-state index is 0.129. The second-order valence-electron chi connectivity index (χ2n) is 3.74. The van der Waals surface area contributed by atoms with E-state index in [1.807, 2.05) is 0 Å². The number of nitrogens with zero attached hydrogens (tertiary/aromatic N) is 2. The standard InChI is InChI=1S/C10H14N2O4/c1-7-8(10(14)16-11(7)2)9(13)12-3-5-15-6-4-12/h3-6H2,1-2H3. The first-order chi connectivity index (χ1) is 7.61. The van der Waals surface area contributed by atoms with Crippen LogP contribution >= 0.6 is 0 Å². The number of aromatic nitrogens is 1. The Morgan fingerprint density at radius 2 is 1.94 bits per heavy atom. The predicted molar refractivity (Wildman–Crippen MR) is 55.4 cm³/mol. The Morgan fingerprint density at radius 3 is 2.44 bits per heavy atom. The molecule has 1 aromatic heterocycles. The topological polar surface area (TPSA) is 64.7 Å². The highest BCUT2D eigenvalue weighted by molar-refractivity contribution is 5.94. The summed E-state index contributed by atoms with van der Waals surface area (Å²) in [5.41, 5.74) is 0.113. The van der Waals surface area contributed by atoms with Gasteiger partial charge in [-0.05, 0) is 6.92 Å². The average molecular weight is 226 g/mol. The van der Waals surface area contributed by atoms with E-state index in [-0.39, 0.29) is 11.5 Å². The van der Waals surface area contributed by atoms with Crippen molar-refractivity contribution in [2.75, 3.05) is 26.3 Å². The van der Waals surface area contributed by atoms with Crippen LogP contribution in [0.1, 0.15) is 16.1 Å². The monoisotopic (exact) mass is 226 g/mol. The highest BCUT2D eigenvalue weighted by Gasteiger charge is 2.25. The molecular weight excluding hydrogens is 212 g/mol. The van der Waals surface area contributed by atoms with Crippen LogP contribution in [0.25, 0.3) is 0 Å². The van der Waals surface area contributed by atoms with E-state index in [4.69, 9.17) is 9.26 Å². The van der Waals surface area contributed by atoms with Crippen LogP contribution < -0.4 is 5.63 Å². The highest BCUT2D eigenvalue weighted by atomic mass is 16.5. The highest BCUT2D eigenvalue weighted by Crippen LogP contribution is 2.08. The van der Waals surface area contributed by atoms with E-state index in [1.54, 1.807) is 18.9 Å². The number of morpholine rings is 1. The molecule has 2 rings (SSSR count). The molecule has 88 valence electrons. The molecule has 1 aromatic rings. The molecular formula is C10H14N2O4. The summed E-state index contributed by atoms with van der Waals surface area (Å²) in [6.45, 7) is 3.77. The van der Waals surface area contributed by atoms with E-state index in [0.717, 1.165) is 0 Å². The maximum atomic E-state index is 12.1. The predicted octanol–water partition coefficient (Wildman–Crippen LogP) is -0.241. The maximum absolute atomic E-state index is 12.1. The van der Waals surface area contributed by atoms with Crippen LogP contribution in [-0.4, -0.2) is 41.9 Å². The van der Waals surface area contributed by atoms with Crippen molar-refractivity contribution < 1.29 is 14.1 Å². The molecule has 1 amide bonds. The molecule has 0 bridgehead atoms. The number of aryl methyl sites for hydroxylation is 1. The van der Waals surface area contributed by atoms with Gasteiger partial charge in [-0.2, -0.15) is 0 Å². The van der Waals surface area contributed by atoms with Gasteiger partial charge in [-0.15, -0.1) is 0 Å². The van der Waals surface area contributed by atoms with Crippen molar-refractivity contribution in [2.24, 2.45) is 7.05 Å². The van der Waals surface area contributed by atoms with Crippen LogP contribution in [0, 0.1) is 6.92 Å². The minimum Gasteiger partial charge on any atom is -0.378 e. The SMILES string of the molecule is Cc1c(C(=O)N2CCOCC2)c(=O)on1C. The molecule has 1 saturated heterocycles. The van der Waals surface area contributed by atoms with Gasteiger partial charge in [0.2, 0.25) is 0 Å². The summed E-state index contributed by atoms with van der Waals surface area (Å²) < 4.78 is 11.3. The summed E-state index contributed by atoms with van der Waals surface area (Å²) in [7, 11) is 1.60. The molecule has 1 aliphatic heterocycles. The Morgan fingerprint density at radius 1 is 1.31 bits per heavy atom. The van der Waals surface area contributed by atoms with Gasteiger partial charge in [0.1, 0.15) is 5.56 Å². The van der Waals surface area contributed by atoms with E-state index in [9.17, 15) is 9.59 Å². The first kappa shape index (κ1) is 10.9. The molecule has 0 saturated carbocycles. The normalized spacial score (nSPS) is 16.5. The fourth-order valence-corrected chi connectivity index (χ4v) is 1.71. The molecule has 0 atom stereocenters. The summed E-state index contributed by atoms with van der Waals surface area (Å²) in [4.78, 5) is 25.1. The third-order valence-electron chi connectivity index (χ3n) is 2.77. The summed E-state index contributed by atoms with van der Waals surface area (Å²) in [6.07, 6.45) is 0. The summed E-state index contributed by atoms with van der Waals surface area (Å²) in [5, 5.41) is 0. The van der Waals surface area contributed by atoms with Crippen molar-refractivity contribution in [3.05, 3.63) is 21.7 Å². The average Bonchev–Trinajstić information content (AvgIpc) is 2.54. The molecule has 1 aliphatic rings. The maximum Gasteiger partial charge on any atom is 0.370 e. The Bertz CT molecular complexity index is 454. The second kappa shape index (κ2) is 4.13. The lowest BCUT2D eigenvalue weighted by Gasteiger charge is -2.26. The van der Waals surface area contributed by atoms with Gasteiger partial charge in [0.25, 0.3) is 5.91 Å². The van der Waals surface area contributed by atoms with Crippen LogP contribution in [0.2, 0.25) is 0 Å². The molecule has 0 spiro atoms. The Labute approximate surface area is 92.4 Å². The first-order valence-electron chi connectivity index (χ1n) is 5.15. The van der Waals surface area contributed by atoms with Crippen molar-refractivity contribution in [1.82, 2.24) is 9.64 Å². The molecule has 0 radical (unpaired) electrons. The number of hydrogen-bond donors (Lipinski definition) is 0. The molecule has 6 nitrogen and oxygen atoms in total. The van der Waals surface area contributed by atoms with E-state index >= 15 is 0 Å².